The van der Waals surface area contributed by atoms with Gasteiger partial charge in [0.1, 0.15) is 12.4 Å². The Labute approximate surface area is 107 Å². The van der Waals surface area contributed by atoms with Gasteiger partial charge in [-0.1, -0.05) is 13.8 Å². The molecule has 0 aliphatic carbocycles. The highest BCUT2D eigenvalue weighted by Gasteiger charge is 2.17. The van der Waals surface area contributed by atoms with E-state index in [0.29, 0.717) is 18.3 Å². The van der Waals surface area contributed by atoms with Crippen LogP contribution in [0.2, 0.25) is 0 Å². The first-order valence-electron chi connectivity index (χ1n) is 6.27. The first kappa shape index (κ1) is 13.0. The molecular formula is C14H20O4. The average molecular weight is 252 g/mol. The van der Waals surface area contributed by atoms with Crippen molar-refractivity contribution in [3.8, 4) is 17.2 Å². The molecule has 0 saturated carbocycles. The highest BCUT2D eigenvalue weighted by atomic mass is 16.7. The van der Waals surface area contributed by atoms with Crippen molar-refractivity contribution >= 4 is 0 Å². The van der Waals surface area contributed by atoms with Crippen LogP contribution in [0.3, 0.4) is 0 Å². The molecular weight excluding hydrogens is 232 g/mol. The van der Waals surface area contributed by atoms with E-state index in [9.17, 15) is 5.11 Å². The monoisotopic (exact) mass is 252 g/mol. The summed E-state index contributed by atoms with van der Waals surface area (Å²) in [4.78, 5) is 0. The molecule has 1 atom stereocenters. The van der Waals surface area contributed by atoms with E-state index in [4.69, 9.17) is 14.2 Å². The highest BCUT2D eigenvalue weighted by molar-refractivity contribution is 5.51. The predicted octanol–water partition coefficient (Wildman–Crippen LogP) is 2.51. The topological polar surface area (TPSA) is 47.9 Å². The van der Waals surface area contributed by atoms with Crippen LogP contribution in [0.1, 0.15) is 25.8 Å². The second-order valence-corrected chi connectivity index (χ2v) is 5.07. The van der Waals surface area contributed by atoms with Gasteiger partial charge in [0, 0.05) is 6.07 Å². The van der Waals surface area contributed by atoms with Crippen molar-refractivity contribution in [1.82, 2.24) is 0 Å². The second kappa shape index (κ2) is 5.48. The van der Waals surface area contributed by atoms with Crippen molar-refractivity contribution in [1.29, 1.82) is 0 Å². The van der Waals surface area contributed by atoms with Crippen molar-refractivity contribution in [2.24, 2.45) is 5.92 Å². The number of fused-ring (bicyclic) bond motifs is 1. The molecule has 0 unspecified atom stereocenters. The lowest BCUT2D eigenvalue weighted by atomic mass is 10.1. The Kier molecular flexibility index (Phi) is 3.97. The average Bonchev–Trinajstić information content (AvgIpc) is 2.71. The zero-order chi connectivity index (χ0) is 13.1. The number of aliphatic hydroxyl groups is 1. The van der Waals surface area contributed by atoms with E-state index >= 15 is 0 Å². The minimum absolute atomic E-state index is 0.258. The zero-order valence-electron chi connectivity index (χ0n) is 11.1. The molecule has 0 bridgehead atoms. The van der Waals surface area contributed by atoms with Crippen LogP contribution in [-0.4, -0.2) is 24.6 Å². The fourth-order valence-corrected chi connectivity index (χ4v) is 1.98. The van der Waals surface area contributed by atoms with Crippen LogP contribution < -0.4 is 14.2 Å². The molecule has 100 valence electrons. The van der Waals surface area contributed by atoms with E-state index in [-0.39, 0.29) is 6.79 Å². The summed E-state index contributed by atoms with van der Waals surface area (Å²) in [6, 6.07) is 3.71. The molecule has 0 spiro atoms. The van der Waals surface area contributed by atoms with Crippen molar-refractivity contribution in [2.75, 3.05) is 13.4 Å². The lowest BCUT2D eigenvalue weighted by Gasteiger charge is -2.15. The van der Waals surface area contributed by atoms with E-state index < -0.39 is 6.10 Å². The van der Waals surface area contributed by atoms with Gasteiger partial charge in [0.2, 0.25) is 6.79 Å². The number of hydrogen-bond acceptors (Lipinski definition) is 4. The summed E-state index contributed by atoms with van der Waals surface area (Å²) >= 11 is 0. The molecule has 1 N–H and O–H groups in total. The number of benzene rings is 1. The van der Waals surface area contributed by atoms with Gasteiger partial charge in [-0.25, -0.2) is 0 Å². The molecule has 18 heavy (non-hydrogen) atoms. The van der Waals surface area contributed by atoms with Crippen LogP contribution in [0.5, 0.6) is 17.2 Å². The molecule has 0 fully saturated rings. The van der Waals surface area contributed by atoms with Crippen LogP contribution >= 0.6 is 0 Å². The fourth-order valence-electron chi connectivity index (χ4n) is 1.98. The van der Waals surface area contributed by atoms with Crippen molar-refractivity contribution < 1.29 is 19.3 Å². The predicted molar refractivity (Wildman–Crippen MR) is 68.3 cm³/mol. The first-order chi connectivity index (χ1) is 8.56. The Morgan fingerprint density at radius 3 is 2.61 bits per heavy atom. The van der Waals surface area contributed by atoms with E-state index in [1.165, 1.54) is 0 Å². The van der Waals surface area contributed by atoms with E-state index in [2.05, 4.69) is 13.8 Å². The third-order valence-corrected chi connectivity index (χ3v) is 2.84. The van der Waals surface area contributed by atoms with E-state index in [1.54, 1.807) is 0 Å². The Morgan fingerprint density at radius 1 is 1.28 bits per heavy atom. The maximum absolute atomic E-state index is 9.78. The molecule has 4 nitrogen and oxygen atoms in total. The maximum Gasteiger partial charge on any atom is 0.231 e. The smallest absolute Gasteiger partial charge is 0.231 e. The molecule has 1 heterocycles. The SMILES string of the molecule is Cc1cc2c(cc1OC[C@H](O)CC(C)C)OCO2. The molecule has 1 aliphatic rings. The van der Waals surface area contributed by atoms with Crippen LogP contribution in [0.25, 0.3) is 0 Å². The zero-order valence-corrected chi connectivity index (χ0v) is 11.1. The standard InChI is InChI=1S/C14H20O4/c1-9(2)4-11(15)7-16-12-6-14-13(5-10(12)3)17-8-18-14/h5-6,9,11,15H,4,7-8H2,1-3H3/t11-/m1/s1. The minimum atomic E-state index is -0.435. The van der Waals surface area contributed by atoms with Gasteiger partial charge in [-0.15, -0.1) is 0 Å². The van der Waals surface area contributed by atoms with E-state index in [0.717, 1.165) is 23.5 Å². The molecule has 4 heteroatoms. The number of rotatable bonds is 5. The normalized spacial score (nSPS) is 14.9. The van der Waals surface area contributed by atoms with Gasteiger partial charge in [-0.2, -0.15) is 0 Å². The molecule has 1 aromatic carbocycles. The Hall–Kier alpha value is -1.42. The summed E-state index contributed by atoms with van der Waals surface area (Å²) in [5, 5.41) is 9.78. The number of aryl methyl sites for hydroxylation is 1. The summed E-state index contributed by atoms with van der Waals surface area (Å²) in [7, 11) is 0. The van der Waals surface area contributed by atoms with Gasteiger partial charge in [-0.3, -0.25) is 0 Å². The van der Waals surface area contributed by atoms with Gasteiger partial charge >= 0.3 is 0 Å². The number of ether oxygens (including phenoxy) is 3. The van der Waals surface area contributed by atoms with Crippen LogP contribution in [0.4, 0.5) is 0 Å². The van der Waals surface area contributed by atoms with Crippen molar-refractivity contribution in [2.45, 2.75) is 33.3 Å². The lowest BCUT2D eigenvalue weighted by molar-refractivity contribution is 0.0888. The molecule has 0 aromatic heterocycles. The van der Waals surface area contributed by atoms with Crippen molar-refractivity contribution in [3.63, 3.8) is 0 Å². The largest absolute Gasteiger partial charge is 0.490 e. The third kappa shape index (κ3) is 3.07. The van der Waals surface area contributed by atoms with Gasteiger partial charge in [0.25, 0.3) is 0 Å². The van der Waals surface area contributed by atoms with Crippen LogP contribution in [0.15, 0.2) is 12.1 Å². The maximum atomic E-state index is 9.78. The molecule has 0 radical (unpaired) electrons. The summed E-state index contributed by atoms with van der Waals surface area (Å²) < 4.78 is 16.2. The summed E-state index contributed by atoms with van der Waals surface area (Å²) in [6.07, 6.45) is 0.304. The summed E-state index contributed by atoms with van der Waals surface area (Å²) in [6.45, 7) is 6.67. The van der Waals surface area contributed by atoms with Crippen LogP contribution in [0, 0.1) is 12.8 Å². The molecule has 1 aromatic rings. The molecule has 2 rings (SSSR count). The van der Waals surface area contributed by atoms with Gasteiger partial charge in [0.05, 0.1) is 6.10 Å². The molecule has 0 saturated heterocycles. The second-order valence-electron chi connectivity index (χ2n) is 5.07. The molecule has 1 aliphatic heterocycles. The van der Waals surface area contributed by atoms with Gasteiger partial charge < -0.3 is 19.3 Å². The lowest BCUT2D eigenvalue weighted by Crippen LogP contribution is -2.19. The minimum Gasteiger partial charge on any atom is -0.490 e. The highest BCUT2D eigenvalue weighted by Crippen LogP contribution is 2.37. The quantitative estimate of drug-likeness (QED) is 0.874. The third-order valence-electron chi connectivity index (χ3n) is 2.84. The Balaban J connectivity index is 1.97. The van der Waals surface area contributed by atoms with Crippen molar-refractivity contribution in [3.05, 3.63) is 17.7 Å². The Bertz CT molecular complexity index is 415. The Morgan fingerprint density at radius 2 is 1.94 bits per heavy atom. The van der Waals surface area contributed by atoms with Crippen LogP contribution in [-0.2, 0) is 0 Å². The first-order valence-corrected chi connectivity index (χ1v) is 6.27. The summed E-state index contributed by atoms with van der Waals surface area (Å²) in [5.74, 6) is 2.65. The fraction of sp³-hybridized carbons (Fsp3) is 0.571. The summed E-state index contributed by atoms with van der Waals surface area (Å²) in [5.41, 5.74) is 0.982. The number of hydrogen-bond donors (Lipinski definition) is 1. The number of aliphatic hydroxyl groups excluding tert-OH is 1. The van der Waals surface area contributed by atoms with E-state index in [1.807, 2.05) is 19.1 Å². The van der Waals surface area contributed by atoms with Gasteiger partial charge in [0.15, 0.2) is 11.5 Å². The molecule has 0 amide bonds. The van der Waals surface area contributed by atoms with Gasteiger partial charge in [-0.05, 0) is 30.9 Å².